The molecule has 4 aromatic rings. The summed E-state index contributed by atoms with van der Waals surface area (Å²) in [5, 5.41) is 7.66. The van der Waals surface area contributed by atoms with Gasteiger partial charge in [-0.05, 0) is 60.5 Å². The van der Waals surface area contributed by atoms with Crippen molar-refractivity contribution in [2.45, 2.75) is 20.1 Å². The van der Waals surface area contributed by atoms with Crippen molar-refractivity contribution in [2.75, 3.05) is 5.32 Å². The largest absolute Gasteiger partial charge is 0.485 e. The number of amides is 1. The quantitative estimate of drug-likeness (QED) is 0.382. The lowest BCUT2D eigenvalue weighted by Crippen LogP contribution is -2.12. The molecule has 2 aromatic carbocycles. The number of benzene rings is 2. The minimum absolute atomic E-state index is 0.0920. The fourth-order valence-electron chi connectivity index (χ4n) is 2.92. The van der Waals surface area contributed by atoms with Gasteiger partial charge in [0.15, 0.2) is 5.76 Å². The van der Waals surface area contributed by atoms with Gasteiger partial charge in [0.25, 0.3) is 5.91 Å². The smallest absolute Gasteiger partial charge is 0.293 e. The maximum atomic E-state index is 13.2. The predicted octanol–water partition coefficient (Wildman–Crippen LogP) is 5.51. The first kappa shape index (κ1) is 21.9. The Morgan fingerprint density at radius 3 is 2.81 bits per heavy atom. The molecule has 4 rings (SSSR count). The SMILES string of the molecule is Cc1cc(Cl)ccc1OCc1ccc(C(=O)Nc2ncn(Cc3ccc(F)cc3Cl)n2)o1. The van der Waals surface area contributed by atoms with Crippen LogP contribution in [0.3, 0.4) is 0 Å². The maximum absolute atomic E-state index is 13.2. The van der Waals surface area contributed by atoms with E-state index >= 15 is 0 Å². The molecule has 2 heterocycles. The molecule has 0 saturated heterocycles. The van der Waals surface area contributed by atoms with Gasteiger partial charge < -0.3 is 9.15 Å². The highest BCUT2D eigenvalue weighted by molar-refractivity contribution is 6.31. The molecule has 0 unspecified atom stereocenters. The third-order valence-electron chi connectivity index (χ3n) is 4.50. The summed E-state index contributed by atoms with van der Waals surface area (Å²) in [5.41, 5.74) is 1.56. The van der Waals surface area contributed by atoms with Crippen molar-refractivity contribution < 1.29 is 18.3 Å². The number of halogens is 3. The molecule has 0 aliphatic rings. The minimum atomic E-state index is -0.503. The summed E-state index contributed by atoms with van der Waals surface area (Å²) in [6.07, 6.45) is 1.44. The second-order valence-corrected chi connectivity index (χ2v) is 7.76. The van der Waals surface area contributed by atoms with Crippen molar-refractivity contribution in [1.29, 1.82) is 0 Å². The first-order valence-corrected chi connectivity index (χ1v) is 10.3. The average Bonchev–Trinajstić information content (AvgIpc) is 3.39. The molecule has 0 spiro atoms. The number of carbonyl (C=O) groups is 1. The van der Waals surface area contributed by atoms with E-state index in [2.05, 4.69) is 15.4 Å². The Hall–Kier alpha value is -3.36. The molecule has 0 aliphatic heterocycles. The van der Waals surface area contributed by atoms with E-state index in [1.165, 1.54) is 29.2 Å². The van der Waals surface area contributed by atoms with Crippen LogP contribution >= 0.6 is 23.2 Å². The zero-order valence-corrected chi connectivity index (χ0v) is 18.3. The van der Waals surface area contributed by atoms with Crippen LogP contribution in [0.2, 0.25) is 10.0 Å². The maximum Gasteiger partial charge on any atom is 0.293 e. The molecule has 1 amide bonds. The van der Waals surface area contributed by atoms with Gasteiger partial charge in [0.2, 0.25) is 5.95 Å². The number of aryl methyl sites for hydroxylation is 1. The van der Waals surface area contributed by atoms with Crippen LogP contribution < -0.4 is 10.1 Å². The first-order valence-electron chi connectivity index (χ1n) is 9.50. The molecule has 32 heavy (non-hydrogen) atoms. The lowest BCUT2D eigenvalue weighted by Gasteiger charge is -2.07. The van der Waals surface area contributed by atoms with E-state index in [4.69, 9.17) is 32.4 Å². The highest BCUT2D eigenvalue weighted by Crippen LogP contribution is 2.23. The van der Waals surface area contributed by atoms with Crippen molar-refractivity contribution in [1.82, 2.24) is 14.8 Å². The van der Waals surface area contributed by atoms with Gasteiger partial charge in [-0.25, -0.2) is 14.1 Å². The van der Waals surface area contributed by atoms with E-state index in [9.17, 15) is 9.18 Å². The standard InChI is InChI=1S/C22H17Cl2FN4O3/c1-13-8-15(23)3-6-19(13)31-11-17-5-7-20(32-17)21(30)27-22-26-12-29(28-22)10-14-2-4-16(25)9-18(14)24/h2-9,12H,10-11H2,1H3,(H,27,28,30). The van der Waals surface area contributed by atoms with Crippen LogP contribution in [0.15, 0.2) is 59.3 Å². The van der Waals surface area contributed by atoms with Crippen LogP contribution in [0, 0.1) is 12.7 Å². The predicted molar refractivity (Wildman–Crippen MR) is 118 cm³/mol. The van der Waals surface area contributed by atoms with Gasteiger partial charge in [-0.15, -0.1) is 5.10 Å². The van der Waals surface area contributed by atoms with Crippen molar-refractivity contribution in [3.05, 3.63) is 93.4 Å². The number of anilines is 1. The number of ether oxygens (including phenoxy) is 1. The summed E-state index contributed by atoms with van der Waals surface area (Å²) in [6.45, 7) is 2.31. The zero-order valence-electron chi connectivity index (χ0n) is 16.8. The van der Waals surface area contributed by atoms with E-state index in [1.54, 1.807) is 30.3 Å². The third kappa shape index (κ3) is 5.27. The molecule has 0 saturated carbocycles. The van der Waals surface area contributed by atoms with Gasteiger partial charge in [-0.1, -0.05) is 29.3 Å². The molecule has 0 radical (unpaired) electrons. The van der Waals surface area contributed by atoms with E-state index in [1.807, 2.05) is 6.92 Å². The third-order valence-corrected chi connectivity index (χ3v) is 5.09. The molecule has 2 aromatic heterocycles. The number of nitrogens with zero attached hydrogens (tertiary/aromatic N) is 3. The topological polar surface area (TPSA) is 82.2 Å². The van der Waals surface area contributed by atoms with Gasteiger partial charge in [-0.2, -0.15) is 0 Å². The van der Waals surface area contributed by atoms with E-state index in [0.29, 0.717) is 22.1 Å². The average molecular weight is 475 g/mol. The molecule has 0 fully saturated rings. The summed E-state index contributed by atoms with van der Waals surface area (Å²) < 4.78 is 25.9. The van der Waals surface area contributed by atoms with E-state index < -0.39 is 11.7 Å². The monoisotopic (exact) mass is 474 g/mol. The zero-order chi connectivity index (χ0) is 22.7. The fraction of sp³-hybridized carbons (Fsp3) is 0.136. The number of hydrogen-bond acceptors (Lipinski definition) is 5. The van der Waals surface area contributed by atoms with E-state index in [0.717, 1.165) is 5.56 Å². The number of furan rings is 1. The summed E-state index contributed by atoms with van der Waals surface area (Å²) in [6, 6.07) is 12.6. The number of rotatable bonds is 7. The number of aromatic nitrogens is 3. The molecular weight excluding hydrogens is 458 g/mol. The minimum Gasteiger partial charge on any atom is -0.485 e. The molecule has 164 valence electrons. The summed E-state index contributed by atoms with van der Waals surface area (Å²) >= 11 is 12.0. The second-order valence-electron chi connectivity index (χ2n) is 6.92. The molecule has 10 heteroatoms. The Balaban J connectivity index is 1.35. The summed E-state index contributed by atoms with van der Waals surface area (Å²) in [7, 11) is 0. The van der Waals surface area contributed by atoms with Gasteiger partial charge in [0.1, 0.15) is 30.3 Å². The normalized spacial score (nSPS) is 10.9. The van der Waals surface area contributed by atoms with Crippen LogP contribution in [0.25, 0.3) is 0 Å². The Labute approximate surface area is 192 Å². The summed E-state index contributed by atoms with van der Waals surface area (Å²) in [4.78, 5) is 16.5. The Bertz CT molecular complexity index is 1270. The number of hydrogen-bond donors (Lipinski definition) is 1. The number of nitrogens with one attached hydrogen (secondary N) is 1. The Morgan fingerprint density at radius 1 is 1.19 bits per heavy atom. The van der Waals surface area contributed by atoms with Gasteiger partial charge in [-0.3, -0.25) is 10.1 Å². The first-order chi connectivity index (χ1) is 15.4. The van der Waals surface area contributed by atoms with Crippen LogP contribution in [-0.4, -0.2) is 20.7 Å². The highest BCUT2D eigenvalue weighted by Gasteiger charge is 2.15. The van der Waals surface area contributed by atoms with Crippen LogP contribution in [0.1, 0.15) is 27.4 Å². The van der Waals surface area contributed by atoms with Crippen LogP contribution in [0.4, 0.5) is 10.3 Å². The van der Waals surface area contributed by atoms with E-state index in [-0.39, 0.29) is 29.9 Å². The molecule has 0 atom stereocenters. The Kier molecular flexibility index (Phi) is 6.43. The molecular formula is C22H17Cl2FN4O3. The molecule has 0 aliphatic carbocycles. The highest BCUT2D eigenvalue weighted by atomic mass is 35.5. The molecule has 0 bridgehead atoms. The van der Waals surface area contributed by atoms with Gasteiger partial charge in [0, 0.05) is 10.0 Å². The van der Waals surface area contributed by atoms with Crippen molar-refractivity contribution in [3.63, 3.8) is 0 Å². The van der Waals surface area contributed by atoms with Gasteiger partial charge in [0.05, 0.1) is 6.54 Å². The Morgan fingerprint density at radius 2 is 2.03 bits per heavy atom. The number of carbonyl (C=O) groups excluding carboxylic acids is 1. The van der Waals surface area contributed by atoms with Crippen LogP contribution in [0.5, 0.6) is 5.75 Å². The molecule has 7 nitrogen and oxygen atoms in total. The summed E-state index contributed by atoms with van der Waals surface area (Å²) in [5.74, 6) is 0.420. The fourth-order valence-corrected chi connectivity index (χ4v) is 3.37. The lowest BCUT2D eigenvalue weighted by molar-refractivity contribution is 0.0991. The molecule has 1 N–H and O–H groups in total. The van der Waals surface area contributed by atoms with Gasteiger partial charge >= 0.3 is 0 Å². The van der Waals surface area contributed by atoms with Crippen molar-refractivity contribution >= 4 is 35.1 Å². The van der Waals surface area contributed by atoms with Crippen molar-refractivity contribution in [3.8, 4) is 5.75 Å². The lowest BCUT2D eigenvalue weighted by atomic mass is 10.2. The van der Waals surface area contributed by atoms with Crippen molar-refractivity contribution in [2.24, 2.45) is 0 Å². The van der Waals surface area contributed by atoms with Crippen LogP contribution in [-0.2, 0) is 13.2 Å². The second kappa shape index (κ2) is 9.42.